The lowest BCUT2D eigenvalue weighted by molar-refractivity contribution is 0.395. The summed E-state index contributed by atoms with van der Waals surface area (Å²) in [6.07, 6.45) is 2.35. The van der Waals surface area contributed by atoms with Gasteiger partial charge in [0.05, 0.1) is 5.75 Å². The molecule has 1 heterocycles. The van der Waals surface area contributed by atoms with Crippen LogP contribution in [-0.4, -0.2) is 30.9 Å². The molecular weight excluding hydrogens is 282 g/mol. The Morgan fingerprint density at radius 3 is 2.79 bits per heavy atom. The first kappa shape index (κ1) is 14.8. The largest absolute Gasteiger partial charge is 0.214 e. The SMILES string of the molecule is Cc1ccccc1C1CCCN1S(=O)(=O)CCCCl. The third-order valence-electron chi connectivity index (χ3n) is 3.64. The molecule has 0 bridgehead atoms. The van der Waals surface area contributed by atoms with Crippen LogP contribution in [-0.2, 0) is 10.0 Å². The van der Waals surface area contributed by atoms with Gasteiger partial charge in [-0.1, -0.05) is 24.3 Å². The van der Waals surface area contributed by atoms with E-state index < -0.39 is 10.0 Å². The standard InChI is InChI=1S/C14H20ClNO2S/c1-12-6-2-3-7-13(12)14-8-4-10-16(14)19(17,18)11-5-9-15/h2-3,6-7,14H,4-5,8-11H2,1H3. The number of nitrogens with zero attached hydrogens (tertiary/aromatic N) is 1. The number of benzene rings is 1. The van der Waals surface area contributed by atoms with E-state index in [1.807, 2.05) is 31.2 Å². The summed E-state index contributed by atoms with van der Waals surface area (Å²) in [6.45, 7) is 2.67. The van der Waals surface area contributed by atoms with Gasteiger partial charge in [0.2, 0.25) is 10.0 Å². The van der Waals surface area contributed by atoms with Crippen LogP contribution in [0.2, 0.25) is 0 Å². The Labute approximate surface area is 120 Å². The molecule has 2 rings (SSSR count). The topological polar surface area (TPSA) is 37.4 Å². The molecular formula is C14H20ClNO2S. The van der Waals surface area contributed by atoms with Crippen molar-refractivity contribution in [3.05, 3.63) is 35.4 Å². The summed E-state index contributed by atoms with van der Waals surface area (Å²) in [5.74, 6) is 0.543. The van der Waals surface area contributed by atoms with Gasteiger partial charge in [0, 0.05) is 18.5 Å². The van der Waals surface area contributed by atoms with Crippen molar-refractivity contribution in [2.45, 2.75) is 32.2 Å². The van der Waals surface area contributed by atoms with Crippen LogP contribution in [0.4, 0.5) is 0 Å². The summed E-state index contributed by atoms with van der Waals surface area (Å²) in [7, 11) is -3.19. The van der Waals surface area contributed by atoms with Gasteiger partial charge in [0.1, 0.15) is 0 Å². The van der Waals surface area contributed by atoms with Crippen LogP contribution < -0.4 is 0 Å². The second-order valence-electron chi connectivity index (χ2n) is 4.98. The molecule has 0 amide bonds. The van der Waals surface area contributed by atoms with Crippen LogP contribution in [0.15, 0.2) is 24.3 Å². The van der Waals surface area contributed by atoms with Gasteiger partial charge in [0.25, 0.3) is 0 Å². The van der Waals surface area contributed by atoms with Crippen LogP contribution in [0.25, 0.3) is 0 Å². The minimum atomic E-state index is -3.19. The fourth-order valence-corrected chi connectivity index (χ4v) is 4.75. The lowest BCUT2D eigenvalue weighted by atomic mass is 10.0. The fourth-order valence-electron chi connectivity index (χ4n) is 2.70. The lowest BCUT2D eigenvalue weighted by Gasteiger charge is -2.25. The maximum atomic E-state index is 12.4. The quantitative estimate of drug-likeness (QED) is 0.784. The Kier molecular flexibility index (Phi) is 4.87. The van der Waals surface area contributed by atoms with E-state index in [9.17, 15) is 8.42 Å². The Balaban J connectivity index is 2.25. The van der Waals surface area contributed by atoms with E-state index in [-0.39, 0.29) is 11.8 Å². The summed E-state index contributed by atoms with van der Waals surface area (Å²) in [5, 5.41) is 0. The number of aryl methyl sites for hydroxylation is 1. The Morgan fingerprint density at radius 2 is 2.11 bits per heavy atom. The minimum absolute atomic E-state index is 0.00141. The molecule has 0 N–H and O–H groups in total. The van der Waals surface area contributed by atoms with E-state index in [0.29, 0.717) is 18.8 Å². The first-order valence-electron chi connectivity index (χ1n) is 6.67. The van der Waals surface area contributed by atoms with E-state index in [1.165, 1.54) is 0 Å². The Morgan fingerprint density at radius 1 is 1.37 bits per heavy atom. The molecule has 1 atom stereocenters. The predicted molar refractivity (Wildman–Crippen MR) is 79.0 cm³/mol. The summed E-state index contributed by atoms with van der Waals surface area (Å²) in [4.78, 5) is 0. The normalized spacial score (nSPS) is 20.8. The first-order chi connectivity index (χ1) is 9.06. The monoisotopic (exact) mass is 301 g/mol. The van der Waals surface area contributed by atoms with E-state index >= 15 is 0 Å². The average molecular weight is 302 g/mol. The van der Waals surface area contributed by atoms with Crippen molar-refractivity contribution in [3.8, 4) is 0 Å². The van der Waals surface area contributed by atoms with Gasteiger partial charge in [0.15, 0.2) is 0 Å². The van der Waals surface area contributed by atoms with Crippen molar-refractivity contribution in [1.82, 2.24) is 4.31 Å². The number of halogens is 1. The fraction of sp³-hybridized carbons (Fsp3) is 0.571. The van der Waals surface area contributed by atoms with Gasteiger partial charge < -0.3 is 0 Å². The van der Waals surface area contributed by atoms with Crippen LogP contribution >= 0.6 is 11.6 Å². The van der Waals surface area contributed by atoms with Gasteiger partial charge in [-0.25, -0.2) is 8.42 Å². The van der Waals surface area contributed by atoms with Crippen LogP contribution in [0.1, 0.15) is 36.4 Å². The van der Waals surface area contributed by atoms with Gasteiger partial charge in [-0.15, -0.1) is 11.6 Å². The summed E-state index contributed by atoms with van der Waals surface area (Å²) in [5.41, 5.74) is 2.29. The molecule has 1 fully saturated rings. The zero-order valence-electron chi connectivity index (χ0n) is 11.2. The summed E-state index contributed by atoms with van der Waals surface area (Å²) >= 11 is 5.61. The van der Waals surface area contributed by atoms with Crippen molar-refractivity contribution in [2.75, 3.05) is 18.2 Å². The van der Waals surface area contributed by atoms with Crippen LogP contribution in [0.5, 0.6) is 0 Å². The van der Waals surface area contributed by atoms with Crippen molar-refractivity contribution < 1.29 is 8.42 Å². The molecule has 19 heavy (non-hydrogen) atoms. The van der Waals surface area contributed by atoms with Crippen molar-refractivity contribution in [1.29, 1.82) is 0 Å². The van der Waals surface area contributed by atoms with Crippen molar-refractivity contribution >= 4 is 21.6 Å². The number of hydrogen-bond acceptors (Lipinski definition) is 2. The molecule has 0 aromatic heterocycles. The molecule has 5 heteroatoms. The highest BCUT2D eigenvalue weighted by Gasteiger charge is 2.35. The van der Waals surface area contributed by atoms with Gasteiger partial charge in [-0.05, 0) is 37.3 Å². The smallest absolute Gasteiger partial charge is 0.212 e. The third kappa shape index (κ3) is 3.30. The van der Waals surface area contributed by atoms with E-state index in [2.05, 4.69) is 0 Å². The Bertz CT molecular complexity index is 530. The maximum Gasteiger partial charge on any atom is 0.214 e. The highest BCUT2D eigenvalue weighted by atomic mass is 35.5. The minimum Gasteiger partial charge on any atom is -0.212 e. The molecule has 1 aromatic rings. The zero-order chi connectivity index (χ0) is 13.9. The first-order valence-corrected chi connectivity index (χ1v) is 8.81. The van der Waals surface area contributed by atoms with Gasteiger partial charge in [-0.2, -0.15) is 4.31 Å². The molecule has 106 valence electrons. The number of sulfonamides is 1. The second kappa shape index (κ2) is 6.25. The lowest BCUT2D eigenvalue weighted by Crippen LogP contribution is -2.33. The zero-order valence-corrected chi connectivity index (χ0v) is 12.8. The molecule has 1 unspecified atom stereocenters. The second-order valence-corrected chi connectivity index (χ2v) is 7.40. The molecule has 0 radical (unpaired) electrons. The predicted octanol–water partition coefficient (Wildman–Crippen LogP) is 3.09. The molecule has 0 saturated carbocycles. The molecule has 1 aliphatic heterocycles. The number of rotatable bonds is 5. The Hall–Kier alpha value is -0.580. The molecule has 3 nitrogen and oxygen atoms in total. The van der Waals surface area contributed by atoms with Crippen molar-refractivity contribution in [3.63, 3.8) is 0 Å². The van der Waals surface area contributed by atoms with Gasteiger partial charge in [-0.3, -0.25) is 0 Å². The van der Waals surface area contributed by atoms with E-state index in [0.717, 1.165) is 24.0 Å². The van der Waals surface area contributed by atoms with Crippen LogP contribution in [0, 0.1) is 6.92 Å². The molecule has 1 aromatic carbocycles. The molecule has 1 saturated heterocycles. The third-order valence-corrected chi connectivity index (χ3v) is 5.87. The average Bonchev–Trinajstić information content (AvgIpc) is 2.87. The van der Waals surface area contributed by atoms with E-state index in [1.54, 1.807) is 4.31 Å². The van der Waals surface area contributed by atoms with Gasteiger partial charge >= 0.3 is 0 Å². The highest BCUT2D eigenvalue weighted by molar-refractivity contribution is 7.89. The molecule has 0 spiro atoms. The summed E-state index contributed by atoms with van der Waals surface area (Å²) in [6, 6.07) is 8.04. The summed E-state index contributed by atoms with van der Waals surface area (Å²) < 4.78 is 26.4. The highest BCUT2D eigenvalue weighted by Crippen LogP contribution is 2.35. The van der Waals surface area contributed by atoms with Crippen molar-refractivity contribution in [2.24, 2.45) is 0 Å². The molecule has 0 aliphatic carbocycles. The molecule has 1 aliphatic rings. The van der Waals surface area contributed by atoms with Crippen LogP contribution in [0.3, 0.4) is 0 Å². The number of hydrogen-bond donors (Lipinski definition) is 0. The maximum absolute atomic E-state index is 12.4. The number of alkyl halides is 1. The van der Waals surface area contributed by atoms with E-state index in [4.69, 9.17) is 11.6 Å².